The second kappa shape index (κ2) is 3.05. The first-order valence-electron chi connectivity index (χ1n) is 6.22. The molecule has 0 bridgehead atoms. The Morgan fingerprint density at radius 1 is 1.38 bits per heavy atom. The number of piperidine rings is 1. The molecule has 0 aromatic carbocycles. The molecule has 0 spiro atoms. The molecule has 3 heteroatoms. The summed E-state index contributed by atoms with van der Waals surface area (Å²) in [7, 11) is 0. The molecule has 3 heterocycles. The third kappa shape index (κ3) is 1.25. The van der Waals surface area contributed by atoms with E-state index in [-0.39, 0.29) is 5.60 Å². The molecule has 2 saturated heterocycles. The lowest BCUT2D eigenvalue weighted by molar-refractivity contribution is 0.214. The molecule has 0 unspecified atom stereocenters. The molecule has 0 radical (unpaired) electrons. The number of hydrogen-bond acceptors (Lipinski definition) is 3. The zero-order valence-corrected chi connectivity index (χ0v) is 9.30. The molecule has 3 aliphatic rings. The van der Waals surface area contributed by atoms with E-state index in [4.69, 9.17) is 4.74 Å². The lowest BCUT2D eigenvalue weighted by atomic mass is 9.92. The number of rotatable bonds is 2. The number of fused-ring (bicyclic) bond motifs is 1. The first-order chi connectivity index (χ1) is 7.88. The van der Waals surface area contributed by atoms with Gasteiger partial charge in [0.05, 0.1) is 5.69 Å². The van der Waals surface area contributed by atoms with Crippen molar-refractivity contribution in [3.63, 3.8) is 0 Å². The van der Waals surface area contributed by atoms with Crippen LogP contribution in [-0.4, -0.2) is 35.1 Å². The van der Waals surface area contributed by atoms with Gasteiger partial charge in [0.2, 0.25) is 0 Å². The summed E-state index contributed by atoms with van der Waals surface area (Å²) >= 11 is 0. The molecule has 1 aliphatic carbocycles. The molecule has 2 aliphatic heterocycles. The summed E-state index contributed by atoms with van der Waals surface area (Å²) in [5.74, 6) is 0. The van der Waals surface area contributed by atoms with Crippen molar-refractivity contribution in [1.29, 1.82) is 0 Å². The summed E-state index contributed by atoms with van der Waals surface area (Å²) in [5, 5.41) is 0. The summed E-state index contributed by atoms with van der Waals surface area (Å²) < 4.78 is 5.96. The highest BCUT2D eigenvalue weighted by Crippen LogP contribution is 2.52. The molecule has 0 N–H and O–H groups in total. The van der Waals surface area contributed by atoms with E-state index in [1.807, 2.05) is 12.3 Å². The Bertz CT molecular complexity index is 404. The van der Waals surface area contributed by atoms with Gasteiger partial charge in [0.25, 0.3) is 0 Å². The van der Waals surface area contributed by atoms with E-state index in [2.05, 4.69) is 22.0 Å². The fourth-order valence-electron chi connectivity index (χ4n) is 2.98. The number of nitrogens with zero attached hydrogens (tertiary/aromatic N) is 2. The van der Waals surface area contributed by atoms with Crippen LogP contribution in [0.15, 0.2) is 24.4 Å². The zero-order valence-electron chi connectivity index (χ0n) is 9.30. The Morgan fingerprint density at radius 3 is 3.00 bits per heavy atom. The minimum atomic E-state index is -0.0212. The Balaban J connectivity index is 1.55. The fourth-order valence-corrected chi connectivity index (χ4v) is 2.98. The average molecular weight is 216 g/mol. The quantitative estimate of drug-likeness (QED) is 0.702. The molecular formula is C13H16N2O. The van der Waals surface area contributed by atoms with Crippen molar-refractivity contribution in [2.45, 2.75) is 37.0 Å². The van der Waals surface area contributed by atoms with Gasteiger partial charge < -0.3 is 4.74 Å². The number of ether oxygens (including phenoxy) is 1. The highest BCUT2D eigenvalue weighted by atomic mass is 16.6. The van der Waals surface area contributed by atoms with Crippen LogP contribution in [0.1, 0.15) is 25.0 Å². The number of hydrogen-bond donors (Lipinski definition) is 0. The molecule has 3 fully saturated rings. The van der Waals surface area contributed by atoms with E-state index >= 15 is 0 Å². The van der Waals surface area contributed by atoms with Crippen LogP contribution in [0.4, 0.5) is 0 Å². The summed E-state index contributed by atoms with van der Waals surface area (Å²) in [5.41, 5.74) is 1.11. The third-order valence-electron chi connectivity index (χ3n) is 4.15. The van der Waals surface area contributed by atoms with Crippen molar-refractivity contribution in [3.05, 3.63) is 30.1 Å². The van der Waals surface area contributed by atoms with E-state index in [1.54, 1.807) is 0 Å². The van der Waals surface area contributed by atoms with Crippen LogP contribution < -0.4 is 0 Å². The first-order valence-corrected chi connectivity index (χ1v) is 6.22. The molecule has 3 nitrogen and oxygen atoms in total. The second-order valence-electron chi connectivity index (χ2n) is 5.19. The summed E-state index contributed by atoms with van der Waals surface area (Å²) in [4.78, 5) is 7.05. The van der Waals surface area contributed by atoms with Crippen LogP contribution >= 0.6 is 0 Å². The number of aromatic nitrogens is 1. The fraction of sp³-hybridized carbons (Fsp3) is 0.615. The molecule has 4 rings (SSSR count). The van der Waals surface area contributed by atoms with Gasteiger partial charge in [-0.05, 0) is 31.4 Å². The van der Waals surface area contributed by atoms with Crippen molar-refractivity contribution in [3.8, 4) is 0 Å². The van der Waals surface area contributed by atoms with Crippen LogP contribution in [0.3, 0.4) is 0 Å². The standard InChI is InChI=1S/C13H16N2O/c1-2-7-14-11(3-1)13-6-8-15(10-4-5-10)9-12(13)16-13/h1-3,7,10,12H,4-6,8-9H2/t12-,13-/m1/s1. The van der Waals surface area contributed by atoms with Crippen molar-refractivity contribution < 1.29 is 4.74 Å². The molecule has 1 saturated carbocycles. The molecular weight excluding hydrogens is 200 g/mol. The van der Waals surface area contributed by atoms with Crippen LogP contribution in [0.5, 0.6) is 0 Å². The summed E-state index contributed by atoms with van der Waals surface area (Å²) in [6.07, 6.45) is 6.17. The largest absolute Gasteiger partial charge is 0.358 e. The smallest absolute Gasteiger partial charge is 0.139 e. The van der Waals surface area contributed by atoms with Gasteiger partial charge in [0.1, 0.15) is 11.7 Å². The maximum atomic E-state index is 5.96. The van der Waals surface area contributed by atoms with Gasteiger partial charge in [-0.25, -0.2) is 0 Å². The SMILES string of the molecule is c1ccc([C@]23CCN(C4CC4)C[C@H]2O3)nc1. The Labute approximate surface area is 95.4 Å². The van der Waals surface area contributed by atoms with Crippen LogP contribution in [0.25, 0.3) is 0 Å². The lowest BCUT2D eigenvalue weighted by Crippen LogP contribution is -2.39. The summed E-state index contributed by atoms with van der Waals surface area (Å²) in [6, 6.07) is 7.00. The van der Waals surface area contributed by atoms with Crippen LogP contribution in [-0.2, 0) is 10.3 Å². The van der Waals surface area contributed by atoms with Gasteiger partial charge in [-0.1, -0.05) is 6.07 Å². The maximum absolute atomic E-state index is 5.96. The van der Waals surface area contributed by atoms with E-state index in [1.165, 1.54) is 19.4 Å². The molecule has 2 atom stereocenters. The number of epoxide rings is 1. The number of pyridine rings is 1. The van der Waals surface area contributed by atoms with Crippen molar-refractivity contribution in [1.82, 2.24) is 9.88 Å². The molecule has 84 valence electrons. The lowest BCUT2D eigenvalue weighted by Gasteiger charge is -2.27. The Morgan fingerprint density at radius 2 is 2.31 bits per heavy atom. The highest BCUT2D eigenvalue weighted by molar-refractivity contribution is 5.24. The number of likely N-dealkylation sites (tertiary alicyclic amines) is 1. The van der Waals surface area contributed by atoms with Gasteiger partial charge in [0, 0.05) is 25.3 Å². The van der Waals surface area contributed by atoms with Gasteiger partial charge >= 0.3 is 0 Å². The highest BCUT2D eigenvalue weighted by Gasteiger charge is 2.61. The minimum absolute atomic E-state index is 0.0212. The molecule has 0 amide bonds. The predicted octanol–water partition coefficient (Wildman–Crippen LogP) is 1.54. The van der Waals surface area contributed by atoms with Gasteiger partial charge in [-0.3, -0.25) is 9.88 Å². The monoisotopic (exact) mass is 216 g/mol. The van der Waals surface area contributed by atoms with Crippen molar-refractivity contribution in [2.75, 3.05) is 13.1 Å². The first kappa shape index (κ1) is 9.14. The van der Waals surface area contributed by atoms with Gasteiger partial charge in [-0.15, -0.1) is 0 Å². The van der Waals surface area contributed by atoms with Crippen LogP contribution in [0, 0.1) is 0 Å². The van der Waals surface area contributed by atoms with E-state index in [0.717, 1.165) is 24.7 Å². The van der Waals surface area contributed by atoms with E-state index in [0.29, 0.717) is 6.10 Å². The van der Waals surface area contributed by atoms with Crippen molar-refractivity contribution in [2.24, 2.45) is 0 Å². The topological polar surface area (TPSA) is 28.7 Å². The van der Waals surface area contributed by atoms with Gasteiger partial charge in [0.15, 0.2) is 0 Å². The Kier molecular flexibility index (Phi) is 1.74. The molecule has 1 aromatic rings. The van der Waals surface area contributed by atoms with E-state index < -0.39 is 0 Å². The normalized spacial score (nSPS) is 38.1. The minimum Gasteiger partial charge on any atom is -0.358 e. The predicted molar refractivity (Wildman–Crippen MR) is 60.0 cm³/mol. The Hall–Kier alpha value is -0.930. The maximum Gasteiger partial charge on any atom is 0.139 e. The second-order valence-corrected chi connectivity index (χ2v) is 5.19. The van der Waals surface area contributed by atoms with Gasteiger partial charge in [-0.2, -0.15) is 0 Å². The molecule has 1 aromatic heterocycles. The molecule has 16 heavy (non-hydrogen) atoms. The van der Waals surface area contributed by atoms with E-state index in [9.17, 15) is 0 Å². The van der Waals surface area contributed by atoms with Crippen LogP contribution in [0.2, 0.25) is 0 Å². The average Bonchev–Trinajstić information content (AvgIpc) is 3.22. The zero-order chi connectivity index (χ0) is 10.6. The summed E-state index contributed by atoms with van der Waals surface area (Å²) in [6.45, 7) is 2.29. The third-order valence-corrected chi connectivity index (χ3v) is 4.15. The van der Waals surface area contributed by atoms with Crippen molar-refractivity contribution >= 4 is 0 Å².